The highest BCUT2D eigenvalue weighted by atomic mass is 16.5. The number of hydrogen-bond donors (Lipinski definition) is 1. The zero-order valence-corrected chi connectivity index (χ0v) is 11.0. The van der Waals surface area contributed by atoms with Crippen LogP contribution in [-0.2, 0) is 14.3 Å². The molecule has 5 nitrogen and oxygen atoms in total. The molecule has 0 bridgehead atoms. The first kappa shape index (κ1) is 13.8. The Hall–Kier alpha value is -0.650. The van der Waals surface area contributed by atoms with Crippen molar-refractivity contribution in [2.45, 2.75) is 38.4 Å². The summed E-state index contributed by atoms with van der Waals surface area (Å²) < 4.78 is 11.0. The van der Waals surface area contributed by atoms with E-state index in [4.69, 9.17) is 14.6 Å². The fourth-order valence-electron chi connectivity index (χ4n) is 2.65. The number of hydrogen-bond acceptors (Lipinski definition) is 4. The lowest BCUT2D eigenvalue weighted by Gasteiger charge is -2.33. The van der Waals surface area contributed by atoms with Gasteiger partial charge in [0.1, 0.15) is 6.10 Å². The number of piperidine rings is 1. The maximum absolute atomic E-state index is 12.3. The molecule has 2 heterocycles. The maximum atomic E-state index is 12.3. The molecule has 2 unspecified atom stereocenters. The molecule has 0 saturated carbocycles. The topological polar surface area (TPSA) is 59.0 Å². The molecule has 18 heavy (non-hydrogen) atoms. The molecule has 2 rings (SSSR count). The largest absolute Gasteiger partial charge is 0.394 e. The van der Waals surface area contributed by atoms with Gasteiger partial charge < -0.3 is 19.5 Å². The Kier molecular flexibility index (Phi) is 4.97. The summed E-state index contributed by atoms with van der Waals surface area (Å²) in [5.41, 5.74) is 0. The van der Waals surface area contributed by atoms with Crippen LogP contribution in [0.2, 0.25) is 0 Å². The number of aliphatic hydroxyl groups excluding tert-OH is 1. The average molecular weight is 257 g/mol. The van der Waals surface area contributed by atoms with Gasteiger partial charge in [-0.25, -0.2) is 0 Å². The number of amides is 1. The molecule has 2 fully saturated rings. The van der Waals surface area contributed by atoms with Crippen molar-refractivity contribution in [3.63, 3.8) is 0 Å². The molecule has 0 spiro atoms. The molecule has 104 valence electrons. The van der Waals surface area contributed by atoms with Crippen molar-refractivity contribution in [1.29, 1.82) is 0 Å². The van der Waals surface area contributed by atoms with Crippen LogP contribution in [0.25, 0.3) is 0 Å². The number of likely N-dealkylation sites (tertiary alicyclic amines) is 1. The third kappa shape index (κ3) is 3.22. The van der Waals surface area contributed by atoms with Crippen molar-refractivity contribution in [2.24, 2.45) is 5.92 Å². The van der Waals surface area contributed by atoms with Crippen LogP contribution in [-0.4, -0.2) is 61.0 Å². The van der Waals surface area contributed by atoms with Crippen molar-refractivity contribution < 1.29 is 19.4 Å². The van der Waals surface area contributed by atoms with E-state index in [1.165, 1.54) is 0 Å². The molecule has 0 radical (unpaired) electrons. The van der Waals surface area contributed by atoms with Crippen LogP contribution >= 0.6 is 0 Å². The van der Waals surface area contributed by atoms with Crippen molar-refractivity contribution in [2.75, 3.05) is 32.9 Å². The quantitative estimate of drug-likeness (QED) is 0.792. The highest BCUT2D eigenvalue weighted by molar-refractivity contribution is 5.81. The van der Waals surface area contributed by atoms with Gasteiger partial charge >= 0.3 is 0 Å². The normalized spacial score (nSPS) is 29.8. The van der Waals surface area contributed by atoms with Gasteiger partial charge in [-0.1, -0.05) is 6.92 Å². The highest BCUT2D eigenvalue weighted by Crippen LogP contribution is 2.24. The van der Waals surface area contributed by atoms with Crippen LogP contribution in [0.4, 0.5) is 0 Å². The second kappa shape index (κ2) is 6.50. The summed E-state index contributed by atoms with van der Waals surface area (Å²) >= 11 is 0. The van der Waals surface area contributed by atoms with Gasteiger partial charge in [0.05, 0.1) is 19.3 Å². The third-order valence-electron chi connectivity index (χ3n) is 3.83. The van der Waals surface area contributed by atoms with Gasteiger partial charge in [0, 0.05) is 19.7 Å². The van der Waals surface area contributed by atoms with E-state index in [0.29, 0.717) is 19.1 Å². The van der Waals surface area contributed by atoms with E-state index >= 15 is 0 Å². The standard InChI is InChI=1S/C13H23NO4/c1-10-4-8-18-12(10)13(16)14-5-2-11(3-6-14)17-9-7-15/h10-12,15H,2-9H2,1H3. The Labute approximate surface area is 108 Å². The number of rotatable bonds is 4. The fourth-order valence-corrected chi connectivity index (χ4v) is 2.65. The summed E-state index contributed by atoms with van der Waals surface area (Å²) in [4.78, 5) is 14.1. The molecule has 2 saturated heterocycles. The van der Waals surface area contributed by atoms with Gasteiger partial charge in [0.25, 0.3) is 5.91 Å². The number of nitrogens with zero attached hydrogens (tertiary/aromatic N) is 1. The van der Waals surface area contributed by atoms with Gasteiger partial charge in [-0.15, -0.1) is 0 Å². The third-order valence-corrected chi connectivity index (χ3v) is 3.83. The summed E-state index contributed by atoms with van der Waals surface area (Å²) in [6, 6.07) is 0. The van der Waals surface area contributed by atoms with Gasteiger partial charge in [-0.05, 0) is 25.2 Å². The summed E-state index contributed by atoms with van der Waals surface area (Å²) in [6.07, 6.45) is 2.63. The van der Waals surface area contributed by atoms with Crippen LogP contribution in [0, 0.1) is 5.92 Å². The molecular weight excluding hydrogens is 234 g/mol. The first-order valence-electron chi connectivity index (χ1n) is 6.85. The SMILES string of the molecule is CC1CCOC1C(=O)N1CCC(OCCO)CC1. The first-order valence-corrected chi connectivity index (χ1v) is 6.85. The zero-order chi connectivity index (χ0) is 13.0. The molecular formula is C13H23NO4. The van der Waals surface area contributed by atoms with Gasteiger partial charge in [-0.3, -0.25) is 4.79 Å². The molecule has 0 aliphatic carbocycles. The lowest BCUT2D eigenvalue weighted by Crippen LogP contribution is -2.46. The van der Waals surface area contributed by atoms with E-state index in [9.17, 15) is 4.79 Å². The molecule has 5 heteroatoms. The zero-order valence-electron chi connectivity index (χ0n) is 11.0. The van der Waals surface area contributed by atoms with Gasteiger partial charge in [-0.2, -0.15) is 0 Å². The minimum Gasteiger partial charge on any atom is -0.394 e. The second-order valence-corrected chi connectivity index (χ2v) is 5.18. The van der Waals surface area contributed by atoms with Crippen LogP contribution in [0.1, 0.15) is 26.2 Å². The summed E-state index contributed by atoms with van der Waals surface area (Å²) in [6.45, 7) is 4.71. The van der Waals surface area contributed by atoms with Crippen molar-refractivity contribution in [1.82, 2.24) is 4.90 Å². The lowest BCUT2D eigenvalue weighted by atomic mass is 10.0. The second-order valence-electron chi connectivity index (χ2n) is 5.18. The van der Waals surface area contributed by atoms with E-state index in [2.05, 4.69) is 6.92 Å². The van der Waals surface area contributed by atoms with E-state index in [1.54, 1.807) is 0 Å². The number of aliphatic hydroxyl groups is 1. The number of carbonyl (C=O) groups excluding carboxylic acids is 1. The highest BCUT2D eigenvalue weighted by Gasteiger charge is 2.35. The molecule has 1 N–H and O–H groups in total. The smallest absolute Gasteiger partial charge is 0.251 e. The minimum atomic E-state index is -0.236. The Morgan fingerprint density at radius 3 is 2.67 bits per heavy atom. The number of carbonyl (C=O) groups is 1. The van der Waals surface area contributed by atoms with E-state index in [-0.39, 0.29) is 24.7 Å². The van der Waals surface area contributed by atoms with Gasteiger partial charge in [0.15, 0.2) is 0 Å². The average Bonchev–Trinajstić information content (AvgIpc) is 2.82. The predicted molar refractivity (Wildman–Crippen MR) is 66.2 cm³/mol. The summed E-state index contributed by atoms with van der Waals surface area (Å²) in [5.74, 6) is 0.474. The van der Waals surface area contributed by atoms with Crippen LogP contribution in [0.15, 0.2) is 0 Å². The van der Waals surface area contributed by atoms with Crippen molar-refractivity contribution >= 4 is 5.91 Å². The Balaban J connectivity index is 1.77. The molecule has 2 aliphatic heterocycles. The molecule has 1 amide bonds. The van der Waals surface area contributed by atoms with E-state index < -0.39 is 0 Å². The maximum Gasteiger partial charge on any atom is 0.251 e. The van der Waals surface area contributed by atoms with Gasteiger partial charge in [0.2, 0.25) is 0 Å². The Bertz CT molecular complexity index is 276. The van der Waals surface area contributed by atoms with Crippen LogP contribution < -0.4 is 0 Å². The van der Waals surface area contributed by atoms with Crippen LogP contribution in [0.3, 0.4) is 0 Å². The van der Waals surface area contributed by atoms with Crippen LogP contribution in [0.5, 0.6) is 0 Å². The molecule has 0 aromatic heterocycles. The Morgan fingerprint density at radius 2 is 2.11 bits per heavy atom. The lowest BCUT2D eigenvalue weighted by molar-refractivity contribution is -0.145. The van der Waals surface area contributed by atoms with Crippen molar-refractivity contribution in [3.8, 4) is 0 Å². The Morgan fingerprint density at radius 1 is 1.39 bits per heavy atom. The summed E-state index contributed by atoms with van der Waals surface area (Å²) in [7, 11) is 0. The predicted octanol–water partition coefficient (Wildman–Crippen LogP) is 0.411. The van der Waals surface area contributed by atoms with E-state index in [1.807, 2.05) is 4.90 Å². The molecule has 0 aromatic carbocycles. The number of ether oxygens (including phenoxy) is 2. The van der Waals surface area contributed by atoms with Crippen molar-refractivity contribution in [3.05, 3.63) is 0 Å². The van der Waals surface area contributed by atoms with E-state index in [0.717, 1.165) is 32.4 Å². The molecule has 0 aromatic rings. The molecule has 2 aliphatic rings. The summed E-state index contributed by atoms with van der Waals surface area (Å²) in [5, 5.41) is 8.70. The molecule has 2 atom stereocenters. The first-order chi connectivity index (χ1) is 8.72. The fraction of sp³-hybridized carbons (Fsp3) is 0.923. The monoisotopic (exact) mass is 257 g/mol. The minimum absolute atomic E-state index is 0.0621.